The summed E-state index contributed by atoms with van der Waals surface area (Å²) in [5.74, 6) is -1.18. The quantitative estimate of drug-likeness (QED) is 0.682. The molecule has 3 aliphatic rings. The Labute approximate surface area is 214 Å². The molecule has 0 spiro atoms. The highest BCUT2D eigenvalue weighted by atomic mass is 32.2. The normalized spacial score (nSPS) is 21.5. The summed E-state index contributed by atoms with van der Waals surface area (Å²) in [5, 5.41) is 2.42. The minimum absolute atomic E-state index is 0.0184. The van der Waals surface area contributed by atoms with Gasteiger partial charge in [-0.25, -0.2) is 9.69 Å². The number of benzene rings is 2. The van der Waals surface area contributed by atoms with Gasteiger partial charge in [0.25, 0.3) is 0 Å². The topological polar surface area (TPSA) is 90.0 Å². The average Bonchev–Trinajstić information content (AvgIpc) is 3.24. The molecule has 3 aliphatic heterocycles. The lowest BCUT2D eigenvalue weighted by molar-refractivity contribution is -0.128. The molecule has 8 nitrogen and oxygen atoms in total. The van der Waals surface area contributed by atoms with E-state index >= 15 is 0 Å². The number of imide groups is 1. The van der Waals surface area contributed by atoms with Gasteiger partial charge in [-0.3, -0.25) is 14.4 Å². The molecule has 5 amide bonds. The number of para-hydroxylation sites is 1. The summed E-state index contributed by atoms with van der Waals surface area (Å²) in [6, 6.07) is 14.0. The van der Waals surface area contributed by atoms with E-state index in [0.717, 1.165) is 21.6 Å². The van der Waals surface area contributed by atoms with Crippen molar-refractivity contribution in [2.75, 3.05) is 29.9 Å². The van der Waals surface area contributed by atoms with Crippen molar-refractivity contribution in [2.24, 2.45) is 5.92 Å². The van der Waals surface area contributed by atoms with Gasteiger partial charge in [0.05, 0.1) is 23.5 Å². The molecule has 1 fully saturated rings. The van der Waals surface area contributed by atoms with E-state index in [1.54, 1.807) is 29.2 Å². The summed E-state index contributed by atoms with van der Waals surface area (Å²) < 4.78 is 0. The van der Waals surface area contributed by atoms with Gasteiger partial charge in [0.1, 0.15) is 6.54 Å². The molecule has 0 bridgehead atoms. The number of thioether (sulfide) groups is 1. The van der Waals surface area contributed by atoms with Crippen LogP contribution in [0.5, 0.6) is 0 Å². The highest BCUT2D eigenvalue weighted by Gasteiger charge is 2.54. The fourth-order valence-electron chi connectivity index (χ4n) is 5.03. The maximum Gasteiger partial charge on any atom is 0.332 e. The molecule has 1 saturated heterocycles. The monoisotopic (exact) mass is 504 g/mol. The van der Waals surface area contributed by atoms with E-state index in [2.05, 4.69) is 5.32 Å². The molecule has 0 saturated carbocycles. The van der Waals surface area contributed by atoms with Crippen molar-refractivity contribution in [3.8, 4) is 0 Å². The Morgan fingerprint density at radius 2 is 1.81 bits per heavy atom. The second-order valence-electron chi connectivity index (χ2n) is 9.34. The van der Waals surface area contributed by atoms with E-state index in [-0.39, 0.29) is 24.3 Å². The third-order valence-electron chi connectivity index (χ3n) is 7.15. The van der Waals surface area contributed by atoms with Crippen molar-refractivity contribution >= 4 is 46.9 Å². The Balaban J connectivity index is 1.47. The van der Waals surface area contributed by atoms with E-state index in [1.165, 1.54) is 28.5 Å². The van der Waals surface area contributed by atoms with E-state index in [4.69, 9.17) is 0 Å². The number of carbonyl (C=O) groups is 4. The van der Waals surface area contributed by atoms with Crippen LogP contribution in [-0.2, 0) is 14.4 Å². The molecule has 2 aromatic rings. The van der Waals surface area contributed by atoms with Gasteiger partial charge in [-0.15, -0.1) is 11.8 Å². The highest BCUT2D eigenvalue weighted by Crippen LogP contribution is 2.50. The van der Waals surface area contributed by atoms with Crippen LogP contribution in [0, 0.1) is 19.8 Å². The van der Waals surface area contributed by atoms with Crippen LogP contribution in [0.15, 0.2) is 59.0 Å². The Kier molecular flexibility index (Phi) is 6.34. The maximum atomic E-state index is 13.7. The second-order valence-corrected chi connectivity index (χ2v) is 10.6. The van der Waals surface area contributed by atoms with Crippen LogP contribution in [0.3, 0.4) is 0 Å². The van der Waals surface area contributed by atoms with Crippen molar-refractivity contribution in [1.29, 1.82) is 0 Å². The number of nitrogens with one attached hydrogen (secondary N) is 1. The molecule has 9 heteroatoms. The van der Waals surface area contributed by atoms with Gasteiger partial charge in [-0.05, 0) is 55.2 Å². The number of aryl methyl sites for hydroxylation is 1. The van der Waals surface area contributed by atoms with Crippen LogP contribution in [0.2, 0.25) is 0 Å². The Hall–Kier alpha value is -3.59. The number of amides is 5. The van der Waals surface area contributed by atoms with Crippen molar-refractivity contribution in [2.45, 2.75) is 32.6 Å². The Morgan fingerprint density at radius 3 is 2.53 bits per heavy atom. The van der Waals surface area contributed by atoms with Gasteiger partial charge in [0, 0.05) is 24.1 Å². The van der Waals surface area contributed by atoms with Crippen molar-refractivity contribution in [3.63, 3.8) is 0 Å². The number of urea groups is 1. The minimum Gasteiger partial charge on any atom is -0.338 e. The zero-order chi connectivity index (χ0) is 25.6. The summed E-state index contributed by atoms with van der Waals surface area (Å²) in [7, 11) is 0. The first kappa shape index (κ1) is 24.1. The first-order chi connectivity index (χ1) is 17.3. The van der Waals surface area contributed by atoms with Crippen LogP contribution in [-0.4, -0.2) is 58.6 Å². The van der Waals surface area contributed by atoms with Gasteiger partial charge in [0.15, 0.2) is 0 Å². The van der Waals surface area contributed by atoms with Gasteiger partial charge >= 0.3 is 6.03 Å². The molecule has 0 radical (unpaired) electrons. The molecule has 5 rings (SSSR count). The fourth-order valence-corrected chi connectivity index (χ4v) is 6.64. The van der Waals surface area contributed by atoms with Crippen LogP contribution in [0.25, 0.3) is 0 Å². The fraction of sp³-hybridized carbons (Fsp3) is 0.333. The largest absolute Gasteiger partial charge is 0.338 e. The molecule has 2 aromatic carbocycles. The lowest BCUT2D eigenvalue weighted by atomic mass is 9.90. The predicted molar refractivity (Wildman–Crippen MR) is 139 cm³/mol. The predicted octanol–water partition coefficient (Wildman–Crippen LogP) is 3.91. The molecule has 3 heterocycles. The van der Waals surface area contributed by atoms with Gasteiger partial charge in [-0.1, -0.05) is 30.3 Å². The summed E-state index contributed by atoms with van der Waals surface area (Å²) in [4.78, 5) is 58.0. The third kappa shape index (κ3) is 4.17. The molecule has 0 aromatic heterocycles. The molecular weight excluding hydrogens is 476 g/mol. The smallest absolute Gasteiger partial charge is 0.332 e. The maximum absolute atomic E-state index is 13.7. The zero-order valence-corrected chi connectivity index (χ0v) is 21.3. The molecule has 186 valence electrons. The number of anilines is 2. The SMILES string of the molecule is CC(=O)N1CCC2=C(C1)SC1C2C(=O)N(c2ccccc2)C(=O)N1CC(=O)Nc1cccc(C)c1C. The third-order valence-corrected chi connectivity index (χ3v) is 8.59. The molecule has 2 atom stereocenters. The van der Waals surface area contributed by atoms with Crippen LogP contribution in [0.4, 0.5) is 16.2 Å². The van der Waals surface area contributed by atoms with Gasteiger partial charge in [0.2, 0.25) is 17.7 Å². The lowest BCUT2D eigenvalue weighted by Crippen LogP contribution is -2.61. The minimum atomic E-state index is -0.550. The number of carbonyl (C=O) groups excluding carboxylic acids is 4. The van der Waals surface area contributed by atoms with Crippen molar-refractivity contribution < 1.29 is 19.2 Å². The number of hydrogen-bond donors (Lipinski definition) is 1. The Bertz CT molecular complexity index is 1290. The Morgan fingerprint density at radius 1 is 1.06 bits per heavy atom. The van der Waals surface area contributed by atoms with Gasteiger partial charge in [-0.2, -0.15) is 0 Å². The molecule has 36 heavy (non-hydrogen) atoms. The lowest BCUT2D eigenvalue weighted by Gasteiger charge is -2.42. The van der Waals surface area contributed by atoms with Crippen LogP contribution < -0.4 is 10.2 Å². The first-order valence-corrected chi connectivity index (χ1v) is 12.8. The van der Waals surface area contributed by atoms with Crippen LogP contribution >= 0.6 is 11.8 Å². The number of nitrogens with zero attached hydrogens (tertiary/aromatic N) is 3. The van der Waals surface area contributed by atoms with Gasteiger partial charge < -0.3 is 15.1 Å². The molecule has 2 unspecified atom stereocenters. The van der Waals surface area contributed by atoms with Crippen molar-refractivity contribution in [1.82, 2.24) is 9.80 Å². The summed E-state index contributed by atoms with van der Waals surface area (Å²) in [6.07, 6.45) is 0.578. The van der Waals surface area contributed by atoms with E-state index < -0.39 is 17.3 Å². The van der Waals surface area contributed by atoms with E-state index in [9.17, 15) is 19.2 Å². The summed E-state index contributed by atoms with van der Waals surface area (Å²) >= 11 is 1.43. The molecule has 1 N–H and O–H groups in total. The van der Waals surface area contributed by atoms with E-state index in [1.807, 2.05) is 38.1 Å². The highest BCUT2D eigenvalue weighted by molar-refractivity contribution is 8.04. The van der Waals surface area contributed by atoms with Crippen molar-refractivity contribution in [3.05, 3.63) is 70.1 Å². The molecular formula is C27H28N4O4S. The number of fused-ring (bicyclic) bond motifs is 2. The number of hydrogen-bond acceptors (Lipinski definition) is 5. The number of rotatable bonds is 4. The van der Waals surface area contributed by atoms with Crippen LogP contribution in [0.1, 0.15) is 24.5 Å². The first-order valence-electron chi connectivity index (χ1n) is 12.0. The summed E-state index contributed by atoms with van der Waals surface area (Å²) in [5.41, 5.74) is 4.17. The second kappa shape index (κ2) is 9.46. The zero-order valence-electron chi connectivity index (χ0n) is 20.5. The molecule has 0 aliphatic carbocycles. The summed E-state index contributed by atoms with van der Waals surface area (Å²) in [6.45, 7) is 6.23. The average molecular weight is 505 g/mol. The van der Waals surface area contributed by atoms with E-state index in [0.29, 0.717) is 30.9 Å². The standard InChI is InChI=1S/C27H28N4O4S/c1-16-8-7-11-21(17(16)2)28-23(33)15-30-26-24(20-12-13-29(18(3)32)14-22(20)36-26)25(34)31(27(30)35)19-9-5-4-6-10-19/h4-11,24,26H,12-15H2,1-3H3,(H,28,33).